The lowest BCUT2D eigenvalue weighted by molar-refractivity contribution is 0.273. The molecule has 1 unspecified atom stereocenters. The topological polar surface area (TPSA) is 56.0 Å². The zero-order chi connectivity index (χ0) is 14.4. The van der Waals surface area contributed by atoms with E-state index in [1.54, 1.807) is 6.07 Å². The fraction of sp³-hybridized carbons (Fsp3) is 0.235. The van der Waals surface area contributed by atoms with Crippen molar-refractivity contribution in [2.45, 2.75) is 19.4 Å². The van der Waals surface area contributed by atoms with Gasteiger partial charge in [-0.1, -0.05) is 30.3 Å². The first-order valence-corrected chi connectivity index (χ1v) is 6.65. The van der Waals surface area contributed by atoms with Crippen LogP contribution in [0.25, 0.3) is 0 Å². The number of nitrogens with zero attached hydrogens (tertiary/aromatic N) is 1. The van der Waals surface area contributed by atoms with Gasteiger partial charge in [-0.3, -0.25) is 0 Å². The average molecular weight is 266 g/mol. The number of anilines is 1. The first kappa shape index (κ1) is 14.1. The maximum atomic E-state index is 9.50. The lowest BCUT2D eigenvalue weighted by Gasteiger charge is -2.18. The van der Waals surface area contributed by atoms with Crippen molar-refractivity contribution in [3.63, 3.8) is 0 Å². The molecule has 0 fully saturated rings. The number of benzene rings is 2. The highest BCUT2D eigenvalue weighted by Crippen LogP contribution is 2.16. The molecule has 1 atom stereocenters. The van der Waals surface area contributed by atoms with Crippen molar-refractivity contribution in [2.24, 2.45) is 0 Å². The summed E-state index contributed by atoms with van der Waals surface area (Å²) in [5.41, 5.74) is 3.73. The summed E-state index contributed by atoms with van der Waals surface area (Å²) >= 11 is 0. The summed E-state index contributed by atoms with van der Waals surface area (Å²) in [6.45, 7) is 1.98. The van der Waals surface area contributed by atoms with Gasteiger partial charge in [0.1, 0.15) is 0 Å². The molecule has 3 nitrogen and oxygen atoms in total. The molecule has 0 aromatic heterocycles. The fourth-order valence-corrected chi connectivity index (χ4v) is 2.17. The summed E-state index contributed by atoms with van der Waals surface area (Å²) in [6.07, 6.45) is 0.760. The Balaban J connectivity index is 2.07. The molecule has 2 N–H and O–H groups in total. The number of hydrogen-bond acceptors (Lipinski definition) is 3. The Morgan fingerprint density at radius 1 is 1.20 bits per heavy atom. The molecule has 0 radical (unpaired) electrons. The van der Waals surface area contributed by atoms with Crippen LogP contribution in [-0.2, 0) is 6.42 Å². The molecular formula is C17H18N2O. The molecule has 0 spiro atoms. The minimum atomic E-state index is -0.0373. The number of aliphatic hydroxyl groups excluding tert-OH is 1. The third-order valence-corrected chi connectivity index (χ3v) is 3.26. The normalized spacial score (nSPS) is 11.7. The molecule has 0 aliphatic heterocycles. The quantitative estimate of drug-likeness (QED) is 0.875. The van der Waals surface area contributed by atoms with Gasteiger partial charge in [0.25, 0.3) is 0 Å². The van der Waals surface area contributed by atoms with Crippen LogP contribution >= 0.6 is 0 Å². The number of hydrogen-bond donors (Lipinski definition) is 2. The highest BCUT2D eigenvalue weighted by atomic mass is 16.3. The van der Waals surface area contributed by atoms with Crippen LogP contribution in [0.3, 0.4) is 0 Å². The van der Waals surface area contributed by atoms with Crippen LogP contribution in [0, 0.1) is 18.3 Å². The van der Waals surface area contributed by atoms with Gasteiger partial charge in [0, 0.05) is 5.69 Å². The third-order valence-electron chi connectivity index (χ3n) is 3.26. The molecule has 0 aliphatic rings. The minimum absolute atomic E-state index is 0.0373. The zero-order valence-corrected chi connectivity index (χ0v) is 11.5. The van der Waals surface area contributed by atoms with Gasteiger partial charge in [-0.05, 0) is 42.7 Å². The molecule has 20 heavy (non-hydrogen) atoms. The number of nitrogens with one attached hydrogen (secondary N) is 1. The lowest BCUT2D eigenvalue weighted by Crippen LogP contribution is -2.26. The van der Waals surface area contributed by atoms with E-state index in [1.165, 1.54) is 5.56 Å². The van der Waals surface area contributed by atoms with Gasteiger partial charge < -0.3 is 10.4 Å². The minimum Gasteiger partial charge on any atom is -0.394 e. The van der Waals surface area contributed by atoms with E-state index in [0.29, 0.717) is 5.56 Å². The Morgan fingerprint density at radius 2 is 1.95 bits per heavy atom. The standard InChI is InChI=1S/C17H18N2O/c1-13-9-16(8-7-15(13)11-18)19-17(12-20)10-14-5-3-2-4-6-14/h2-9,17,19-20H,10,12H2,1H3. The van der Waals surface area contributed by atoms with E-state index < -0.39 is 0 Å². The fourth-order valence-electron chi connectivity index (χ4n) is 2.17. The zero-order valence-electron chi connectivity index (χ0n) is 11.5. The molecule has 0 amide bonds. The van der Waals surface area contributed by atoms with E-state index >= 15 is 0 Å². The van der Waals surface area contributed by atoms with Gasteiger partial charge in [-0.25, -0.2) is 0 Å². The van der Waals surface area contributed by atoms with Crippen molar-refractivity contribution in [3.8, 4) is 6.07 Å². The molecule has 2 aromatic rings. The summed E-state index contributed by atoms with van der Waals surface area (Å²) in [4.78, 5) is 0. The SMILES string of the molecule is Cc1cc(NC(CO)Cc2ccccc2)ccc1C#N. The molecule has 102 valence electrons. The molecule has 0 heterocycles. The molecule has 0 aliphatic carbocycles. The van der Waals surface area contributed by atoms with Gasteiger partial charge in [0.05, 0.1) is 24.3 Å². The van der Waals surface area contributed by atoms with E-state index in [-0.39, 0.29) is 12.6 Å². The van der Waals surface area contributed by atoms with Crippen molar-refractivity contribution in [1.29, 1.82) is 5.26 Å². The molecule has 2 aromatic carbocycles. The van der Waals surface area contributed by atoms with Gasteiger partial charge in [0.15, 0.2) is 0 Å². The largest absolute Gasteiger partial charge is 0.394 e. The van der Waals surface area contributed by atoms with Crippen LogP contribution in [0.5, 0.6) is 0 Å². The van der Waals surface area contributed by atoms with Crippen molar-refractivity contribution in [1.82, 2.24) is 0 Å². The summed E-state index contributed by atoms with van der Waals surface area (Å²) in [6, 6.07) is 17.8. The van der Waals surface area contributed by atoms with Gasteiger partial charge >= 0.3 is 0 Å². The monoisotopic (exact) mass is 266 g/mol. The van der Waals surface area contributed by atoms with E-state index in [9.17, 15) is 5.11 Å². The molecule has 2 rings (SSSR count). The van der Waals surface area contributed by atoms with Crippen LogP contribution in [0.4, 0.5) is 5.69 Å². The highest BCUT2D eigenvalue weighted by Gasteiger charge is 2.09. The Kier molecular flexibility index (Phi) is 4.75. The summed E-state index contributed by atoms with van der Waals surface area (Å²) in [5, 5.41) is 21.7. The van der Waals surface area contributed by atoms with E-state index in [2.05, 4.69) is 11.4 Å². The lowest BCUT2D eigenvalue weighted by atomic mass is 10.1. The van der Waals surface area contributed by atoms with Crippen molar-refractivity contribution >= 4 is 5.69 Å². The highest BCUT2D eigenvalue weighted by molar-refractivity contribution is 5.52. The summed E-state index contributed by atoms with van der Waals surface area (Å²) < 4.78 is 0. The first-order chi connectivity index (χ1) is 9.72. The first-order valence-electron chi connectivity index (χ1n) is 6.65. The number of nitriles is 1. The van der Waals surface area contributed by atoms with Crippen LogP contribution in [0.2, 0.25) is 0 Å². The number of rotatable bonds is 5. The maximum Gasteiger partial charge on any atom is 0.0994 e. The predicted octanol–water partition coefficient (Wildman–Crippen LogP) is 2.88. The molecule has 0 saturated heterocycles. The van der Waals surface area contributed by atoms with Crippen LogP contribution in [0.1, 0.15) is 16.7 Å². The second-order valence-electron chi connectivity index (χ2n) is 4.86. The molecule has 0 saturated carbocycles. The van der Waals surface area contributed by atoms with Gasteiger partial charge in [-0.15, -0.1) is 0 Å². The number of aliphatic hydroxyl groups is 1. The van der Waals surface area contributed by atoms with Crippen molar-refractivity contribution < 1.29 is 5.11 Å². The second kappa shape index (κ2) is 6.74. The van der Waals surface area contributed by atoms with E-state index in [4.69, 9.17) is 5.26 Å². The Bertz CT molecular complexity index is 602. The molecular weight excluding hydrogens is 248 g/mol. The maximum absolute atomic E-state index is 9.50. The van der Waals surface area contributed by atoms with E-state index in [1.807, 2.05) is 49.4 Å². The van der Waals surface area contributed by atoms with Crippen molar-refractivity contribution in [3.05, 3.63) is 65.2 Å². The van der Waals surface area contributed by atoms with Crippen LogP contribution < -0.4 is 5.32 Å². The summed E-state index contributed by atoms with van der Waals surface area (Å²) in [5.74, 6) is 0. The average Bonchev–Trinajstić information content (AvgIpc) is 2.48. The van der Waals surface area contributed by atoms with Gasteiger partial charge in [-0.2, -0.15) is 5.26 Å². The van der Waals surface area contributed by atoms with Crippen LogP contribution in [-0.4, -0.2) is 17.8 Å². The Morgan fingerprint density at radius 3 is 2.55 bits per heavy atom. The number of aryl methyl sites for hydroxylation is 1. The smallest absolute Gasteiger partial charge is 0.0994 e. The second-order valence-corrected chi connectivity index (χ2v) is 4.86. The summed E-state index contributed by atoms with van der Waals surface area (Å²) in [7, 11) is 0. The van der Waals surface area contributed by atoms with E-state index in [0.717, 1.165) is 17.7 Å². The Hall–Kier alpha value is -2.31. The molecule has 0 bridgehead atoms. The Labute approximate surface area is 119 Å². The molecule has 3 heteroatoms. The predicted molar refractivity (Wildman–Crippen MR) is 80.5 cm³/mol. The van der Waals surface area contributed by atoms with Crippen LogP contribution in [0.15, 0.2) is 48.5 Å². The van der Waals surface area contributed by atoms with Gasteiger partial charge in [0.2, 0.25) is 0 Å². The van der Waals surface area contributed by atoms with Crippen molar-refractivity contribution in [2.75, 3.05) is 11.9 Å². The third kappa shape index (κ3) is 3.59.